The molecule has 0 unspecified atom stereocenters. The SMILES string of the molecule is COc1ccc(C2=NC(=O)CO2)cc1. The Morgan fingerprint density at radius 2 is 2.07 bits per heavy atom. The molecule has 4 nitrogen and oxygen atoms in total. The molecule has 0 aliphatic carbocycles. The van der Waals surface area contributed by atoms with Gasteiger partial charge in [0.05, 0.1) is 7.11 Å². The summed E-state index contributed by atoms with van der Waals surface area (Å²) in [5, 5.41) is 0. The van der Waals surface area contributed by atoms with Gasteiger partial charge in [0, 0.05) is 5.56 Å². The van der Waals surface area contributed by atoms with E-state index in [1.807, 2.05) is 0 Å². The van der Waals surface area contributed by atoms with Gasteiger partial charge in [0.2, 0.25) is 5.90 Å². The molecule has 1 aliphatic heterocycles. The van der Waals surface area contributed by atoms with Gasteiger partial charge in [-0.25, -0.2) is 0 Å². The summed E-state index contributed by atoms with van der Waals surface area (Å²) >= 11 is 0. The first-order valence-corrected chi connectivity index (χ1v) is 4.18. The van der Waals surface area contributed by atoms with Gasteiger partial charge in [-0.05, 0) is 24.3 Å². The van der Waals surface area contributed by atoms with Crippen molar-refractivity contribution >= 4 is 11.8 Å². The lowest BCUT2D eigenvalue weighted by Gasteiger charge is -2.02. The molecule has 1 heterocycles. The number of methoxy groups -OCH3 is 1. The van der Waals surface area contributed by atoms with Crippen LogP contribution in [0.5, 0.6) is 5.75 Å². The molecule has 14 heavy (non-hydrogen) atoms. The van der Waals surface area contributed by atoms with Crippen molar-refractivity contribution in [2.45, 2.75) is 0 Å². The van der Waals surface area contributed by atoms with Gasteiger partial charge in [0.25, 0.3) is 5.91 Å². The van der Waals surface area contributed by atoms with Crippen LogP contribution in [-0.2, 0) is 9.53 Å². The van der Waals surface area contributed by atoms with E-state index in [-0.39, 0.29) is 12.5 Å². The summed E-state index contributed by atoms with van der Waals surface area (Å²) in [5.74, 6) is 0.909. The van der Waals surface area contributed by atoms with E-state index in [0.717, 1.165) is 11.3 Å². The molecule has 0 fully saturated rings. The number of rotatable bonds is 2. The van der Waals surface area contributed by atoms with Crippen LogP contribution in [0.15, 0.2) is 29.3 Å². The highest BCUT2D eigenvalue weighted by Gasteiger charge is 2.16. The Kier molecular flexibility index (Phi) is 2.18. The highest BCUT2D eigenvalue weighted by atomic mass is 16.5. The third kappa shape index (κ3) is 1.59. The maximum atomic E-state index is 10.8. The van der Waals surface area contributed by atoms with Crippen LogP contribution >= 0.6 is 0 Å². The topological polar surface area (TPSA) is 47.9 Å². The van der Waals surface area contributed by atoms with E-state index in [2.05, 4.69) is 4.99 Å². The molecule has 72 valence electrons. The summed E-state index contributed by atoms with van der Waals surface area (Å²) in [6.07, 6.45) is 0. The first-order valence-electron chi connectivity index (χ1n) is 4.18. The summed E-state index contributed by atoms with van der Waals surface area (Å²) in [6, 6.07) is 7.19. The fourth-order valence-electron chi connectivity index (χ4n) is 1.19. The molecule has 1 aromatic rings. The Hall–Kier alpha value is -1.84. The van der Waals surface area contributed by atoms with Crippen molar-refractivity contribution in [3.8, 4) is 5.75 Å². The zero-order valence-corrected chi connectivity index (χ0v) is 7.69. The van der Waals surface area contributed by atoms with Crippen LogP contribution in [0, 0.1) is 0 Å². The third-order valence-corrected chi connectivity index (χ3v) is 1.90. The number of hydrogen-bond acceptors (Lipinski definition) is 3. The number of carbonyl (C=O) groups excluding carboxylic acids is 1. The molecule has 0 saturated heterocycles. The number of benzene rings is 1. The number of nitrogens with zero attached hydrogens (tertiary/aromatic N) is 1. The maximum absolute atomic E-state index is 10.8. The first-order chi connectivity index (χ1) is 6.79. The van der Waals surface area contributed by atoms with Gasteiger partial charge >= 0.3 is 0 Å². The van der Waals surface area contributed by atoms with Gasteiger partial charge in [-0.2, -0.15) is 4.99 Å². The Bertz CT molecular complexity index is 381. The Labute approximate surface area is 81.2 Å². The number of hydrogen-bond donors (Lipinski definition) is 0. The largest absolute Gasteiger partial charge is 0.497 e. The molecule has 0 atom stereocenters. The number of ether oxygens (including phenoxy) is 2. The first kappa shape index (κ1) is 8.74. The molecular formula is C10H9NO3. The normalized spacial score (nSPS) is 14.9. The van der Waals surface area contributed by atoms with E-state index < -0.39 is 0 Å². The average Bonchev–Trinajstić information content (AvgIpc) is 2.65. The molecule has 0 bridgehead atoms. The molecule has 0 aromatic heterocycles. The van der Waals surface area contributed by atoms with Crippen LogP contribution in [0.25, 0.3) is 0 Å². The Morgan fingerprint density at radius 3 is 2.57 bits per heavy atom. The van der Waals surface area contributed by atoms with Gasteiger partial charge in [-0.15, -0.1) is 0 Å². The fraction of sp³-hybridized carbons (Fsp3) is 0.200. The summed E-state index contributed by atoms with van der Waals surface area (Å²) in [7, 11) is 1.60. The van der Waals surface area contributed by atoms with E-state index >= 15 is 0 Å². The van der Waals surface area contributed by atoms with Gasteiger partial charge in [-0.1, -0.05) is 0 Å². The lowest BCUT2D eigenvalue weighted by atomic mass is 10.2. The molecular weight excluding hydrogens is 182 g/mol. The van der Waals surface area contributed by atoms with Gasteiger partial charge in [0.15, 0.2) is 6.61 Å². The fourth-order valence-corrected chi connectivity index (χ4v) is 1.19. The summed E-state index contributed by atoms with van der Waals surface area (Å²) in [6.45, 7) is 0.0430. The second-order valence-corrected chi connectivity index (χ2v) is 2.83. The van der Waals surface area contributed by atoms with Gasteiger partial charge in [0.1, 0.15) is 5.75 Å². The standard InChI is InChI=1S/C10H9NO3/c1-13-8-4-2-7(3-5-8)10-11-9(12)6-14-10/h2-5H,6H2,1H3. The minimum Gasteiger partial charge on any atom is -0.497 e. The van der Waals surface area contributed by atoms with E-state index in [1.165, 1.54) is 0 Å². The molecule has 0 saturated carbocycles. The van der Waals surface area contributed by atoms with Crippen molar-refractivity contribution in [1.82, 2.24) is 0 Å². The van der Waals surface area contributed by atoms with E-state index in [9.17, 15) is 4.79 Å². The van der Waals surface area contributed by atoms with E-state index in [4.69, 9.17) is 9.47 Å². The molecule has 2 rings (SSSR count). The van der Waals surface area contributed by atoms with Crippen LogP contribution in [0.4, 0.5) is 0 Å². The van der Waals surface area contributed by atoms with Crippen molar-refractivity contribution in [2.75, 3.05) is 13.7 Å². The molecule has 0 radical (unpaired) electrons. The molecule has 1 aliphatic rings. The van der Waals surface area contributed by atoms with Crippen LogP contribution in [0.1, 0.15) is 5.56 Å². The summed E-state index contributed by atoms with van der Waals surface area (Å²) < 4.78 is 10.1. The second-order valence-electron chi connectivity index (χ2n) is 2.83. The quantitative estimate of drug-likeness (QED) is 0.700. The predicted molar refractivity (Wildman–Crippen MR) is 50.5 cm³/mol. The Morgan fingerprint density at radius 1 is 1.36 bits per heavy atom. The molecule has 0 spiro atoms. The predicted octanol–water partition coefficient (Wildman–Crippen LogP) is 0.999. The number of amides is 1. The smallest absolute Gasteiger partial charge is 0.286 e. The minimum absolute atomic E-state index is 0.0430. The highest BCUT2D eigenvalue weighted by Crippen LogP contribution is 2.14. The minimum atomic E-state index is -0.240. The van der Waals surface area contributed by atoms with Crippen LogP contribution in [0.3, 0.4) is 0 Å². The van der Waals surface area contributed by atoms with E-state index in [1.54, 1.807) is 31.4 Å². The van der Waals surface area contributed by atoms with Crippen LogP contribution in [0.2, 0.25) is 0 Å². The van der Waals surface area contributed by atoms with Crippen LogP contribution in [-0.4, -0.2) is 25.5 Å². The summed E-state index contributed by atoms with van der Waals surface area (Å²) in [5.41, 5.74) is 0.789. The monoisotopic (exact) mass is 191 g/mol. The van der Waals surface area contributed by atoms with Crippen molar-refractivity contribution < 1.29 is 14.3 Å². The van der Waals surface area contributed by atoms with Gasteiger partial charge < -0.3 is 9.47 Å². The van der Waals surface area contributed by atoms with Crippen LogP contribution < -0.4 is 4.74 Å². The summed E-state index contributed by atoms with van der Waals surface area (Å²) in [4.78, 5) is 14.5. The van der Waals surface area contributed by atoms with Crippen molar-refractivity contribution in [3.05, 3.63) is 29.8 Å². The molecule has 4 heteroatoms. The lowest BCUT2D eigenvalue weighted by Crippen LogP contribution is -2.00. The highest BCUT2D eigenvalue weighted by molar-refractivity contribution is 6.06. The van der Waals surface area contributed by atoms with Gasteiger partial charge in [-0.3, -0.25) is 4.79 Å². The van der Waals surface area contributed by atoms with E-state index in [0.29, 0.717) is 5.90 Å². The Balaban J connectivity index is 2.25. The van der Waals surface area contributed by atoms with Crippen molar-refractivity contribution in [3.63, 3.8) is 0 Å². The zero-order valence-electron chi connectivity index (χ0n) is 7.69. The molecule has 0 N–H and O–H groups in total. The maximum Gasteiger partial charge on any atom is 0.286 e. The number of aliphatic imine (C=N–C) groups is 1. The average molecular weight is 191 g/mol. The lowest BCUT2D eigenvalue weighted by molar-refractivity contribution is -0.118. The second kappa shape index (κ2) is 3.49. The third-order valence-electron chi connectivity index (χ3n) is 1.90. The number of carbonyl (C=O) groups is 1. The van der Waals surface area contributed by atoms with Crippen molar-refractivity contribution in [2.24, 2.45) is 4.99 Å². The van der Waals surface area contributed by atoms with Crippen molar-refractivity contribution in [1.29, 1.82) is 0 Å². The molecule has 1 aromatic carbocycles. The zero-order chi connectivity index (χ0) is 9.97. The molecule has 1 amide bonds.